The number of hydrogen-bond donors (Lipinski definition) is 3. The van der Waals surface area contributed by atoms with Gasteiger partial charge >= 0.3 is 0 Å². The first kappa shape index (κ1) is 14.5. The molecule has 0 unspecified atom stereocenters. The molecule has 0 amide bonds. The molecule has 0 atom stereocenters. The van der Waals surface area contributed by atoms with Crippen molar-refractivity contribution in [2.75, 3.05) is 23.4 Å². The number of hydrogen-bond acceptors (Lipinski definition) is 6. The maximum atomic E-state index is 5.45. The fraction of sp³-hybridized carbons (Fsp3) is 0.615. The van der Waals surface area contributed by atoms with Crippen LogP contribution in [0.1, 0.15) is 27.7 Å². The zero-order chi connectivity index (χ0) is 14.7. The first-order valence-corrected chi connectivity index (χ1v) is 6.94. The summed E-state index contributed by atoms with van der Waals surface area (Å²) in [5.41, 5.74) is 3.21. The number of nitrogens with one attached hydrogen (secondary N) is 2. The Morgan fingerprint density at radius 3 is 2.40 bits per heavy atom. The van der Waals surface area contributed by atoms with Crippen LogP contribution < -0.4 is 16.2 Å². The summed E-state index contributed by atoms with van der Waals surface area (Å²) in [6.07, 6.45) is 1.76. The molecule has 7 nitrogen and oxygen atoms in total. The lowest BCUT2D eigenvalue weighted by Crippen LogP contribution is -2.32. The van der Waals surface area contributed by atoms with E-state index in [9.17, 15) is 0 Å². The minimum atomic E-state index is 0.397. The van der Waals surface area contributed by atoms with E-state index in [2.05, 4.69) is 58.2 Å². The monoisotopic (exact) mass is 277 g/mol. The zero-order valence-electron chi connectivity index (χ0n) is 12.5. The minimum Gasteiger partial charge on any atom is -0.355 e. The molecule has 110 valence electrons. The van der Waals surface area contributed by atoms with Crippen LogP contribution in [0.2, 0.25) is 0 Å². The molecule has 0 aliphatic carbocycles. The van der Waals surface area contributed by atoms with Gasteiger partial charge in [0.15, 0.2) is 5.65 Å². The largest absolute Gasteiger partial charge is 0.355 e. The van der Waals surface area contributed by atoms with Crippen LogP contribution in [-0.2, 0) is 0 Å². The van der Waals surface area contributed by atoms with Gasteiger partial charge in [0.05, 0.1) is 11.6 Å². The van der Waals surface area contributed by atoms with Gasteiger partial charge in [-0.05, 0) is 11.8 Å². The number of hydrazine groups is 1. The SMILES string of the molecule is CC(C)CN(CC(C)C)c1nc(NN)nc2[nH]ncc12. The maximum Gasteiger partial charge on any atom is 0.241 e. The van der Waals surface area contributed by atoms with Crippen molar-refractivity contribution in [3.63, 3.8) is 0 Å². The van der Waals surface area contributed by atoms with Crippen LogP contribution in [0.5, 0.6) is 0 Å². The minimum absolute atomic E-state index is 0.397. The third kappa shape index (κ3) is 3.16. The van der Waals surface area contributed by atoms with Crippen LogP contribution in [-0.4, -0.2) is 33.3 Å². The third-order valence-corrected chi connectivity index (χ3v) is 2.89. The van der Waals surface area contributed by atoms with Gasteiger partial charge in [0.25, 0.3) is 0 Å². The second-order valence-corrected chi connectivity index (χ2v) is 5.84. The fourth-order valence-electron chi connectivity index (χ4n) is 2.25. The standard InChI is InChI=1S/C13H23N7/c1-8(2)6-20(7-9(3)4)12-10-5-15-19-11(10)16-13(17-12)18-14/h5,8-9H,6-7,14H2,1-4H3,(H2,15,16,17,18,19). The lowest BCUT2D eigenvalue weighted by atomic mass is 10.1. The molecular weight excluding hydrogens is 254 g/mol. The number of aromatic nitrogens is 4. The van der Waals surface area contributed by atoms with Gasteiger partial charge in [0.2, 0.25) is 5.95 Å². The molecule has 0 radical (unpaired) electrons. The van der Waals surface area contributed by atoms with Crippen molar-refractivity contribution < 1.29 is 0 Å². The summed E-state index contributed by atoms with van der Waals surface area (Å²) < 4.78 is 0. The second kappa shape index (κ2) is 6.04. The Morgan fingerprint density at radius 2 is 1.85 bits per heavy atom. The Balaban J connectivity index is 2.47. The van der Waals surface area contributed by atoms with Crippen molar-refractivity contribution in [1.82, 2.24) is 20.2 Å². The average Bonchev–Trinajstić information content (AvgIpc) is 2.83. The number of H-pyrrole nitrogens is 1. The van der Waals surface area contributed by atoms with Crippen molar-refractivity contribution >= 4 is 22.8 Å². The highest BCUT2D eigenvalue weighted by Gasteiger charge is 2.17. The Labute approximate surface area is 118 Å². The van der Waals surface area contributed by atoms with Gasteiger partial charge in [-0.15, -0.1) is 0 Å². The number of aromatic amines is 1. The molecule has 2 rings (SSSR count). The van der Waals surface area contributed by atoms with E-state index in [1.165, 1.54) is 0 Å². The summed E-state index contributed by atoms with van der Waals surface area (Å²) in [6.45, 7) is 10.7. The van der Waals surface area contributed by atoms with Crippen molar-refractivity contribution in [3.8, 4) is 0 Å². The molecule has 0 bridgehead atoms. The quantitative estimate of drug-likeness (QED) is 0.550. The summed E-state index contributed by atoms with van der Waals surface area (Å²) in [4.78, 5) is 11.1. The van der Waals surface area contributed by atoms with E-state index >= 15 is 0 Å². The highest BCUT2D eigenvalue weighted by Crippen LogP contribution is 2.25. The van der Waals surface area contributed by atoms with Gasteiger partial charge in [-0.2, -0.15) is 15.1 Å². The molecular formula is C13H23N7. The van der Waals surface area contributed by atoms with Gasteiger partial charge in [-0.3, -0.25) is 10.5 Å². The molecule has 0 aromatic carbocycles. The topological polar surface area (TPSA) is 95.8 Å². The van der Waals surface area contributed by atoms with Crippen molar-refractivity contribution in [3.05, 3.63) is 6.20 Å². The van der Waals surface area contributed by atoms with E-state index in [0.29, 0.717) is 23.4 Å². The molecule has 20 heavy (non-hydrogen) atoms. The van der Waals surface area contributed by atoms with Crippen LogP contribution in [0.3, 0.4) is 0 Å². The lowest BCUT2D eigenvalue weighted by Gasteiger charge is -2.28. The van der Waals surface area contributed by atoms with E-state index in [-0.39, 0.29) is 0 Å². The predicted molar refractivity (Wildman–Crippen MR) is 81.4 cm³/mol. The van der Waals surface area contributed by atoms with E-state index in [0.717, 1.165) is 24.3 Å². The summed E-state index contributed by atoms with van der Waals surface area (Å²) in [6, 6.07) is 0. The van der Waals surface area contributed by atoms with Gasteiger partial charge in [-0.1, -0.05) is 27.7 Å². The number of nitrogens with two attached hydrogens (primary N) is 1. The van der Waals surface area contributed by atoms with Crippen LogP contribution in [0.4, 0.5) is 11.8 Å². The molecule has 4 N–H and O–H groups in total. The van der Waals surface area contributed by atoms with Gasteiger partial charge in [0.1, 0.15) is 5.82 Å². The molecule has 0 aliphatic heterocycles. The Hall–Kier alpha value is -1.89. The van der Waals surface area contributed by atoms with E-state index in [4.69, 9.17) is 5.84 Å². The van der Waals surface area contributed by atoms with E-state index < -0.39 is 0 Å². The van der Waals surface area contributed by atoms with E-state index in [1.807, 2.05) is 0 Å². The molecule has 0 saturated carbocycles. The third-order valence-electron chi connectivity index (χ3n) is 2.89. The number of nitrogen functional groups attached to an aromatic ring is 1. The molecule has 7 heteroatoms. The van der Waals surface area contributed by atoms with Crippen molar-refractivity contribution in [1.29, 1.82) is 0 Å². The zero-order valence-corrected chi connectivity index (χ0v) is 12.5. The van der Waals surface area contributed by atoms with Gasteiger partial charge in [0, 0.05) is 13.1 Å². The summed E-state index contributed by atoms with van der Waals surface area (Å²) in [5.74, 6) is 7.81. The number of anilines is 2. The molecule has 2 aromatic heterocycles. The first-order valence-electron chi connectivity index (χ1n) is 6.94. The highest BCUT2D eigenvalue weighted by molar-refractivity contribution is 5.87. The van der Waals surface area contributed by atoms with Crippen molar-refractivity contribution in [2.45, 2.75) is 27.7 Å². The highest BCUT2D eigenvalue weighted by atomic mass is 15.3. The number of nitrogens with zero attached hydrogens (tertiary/aromatic N) is 4. The van der Waals surface area contributed by atoms with Gasteiger partial charge < -0.3 is 4.90 Å². The molecule has 0 spiro atoms. The smallest absolute Gasteiger partial charge is 0.241 e. The normalized spacial score (nSPS) is 11.6. The average molecular weight is 277 g/mol. The molecule has 0 saturated heterocycles. The lowest BCUT2D eigenvalue weighted by molar-refractivity contribution is 0.550. The first-order chi connectivity index (χ1) is 9.51. The maximum absolute atomic E-state index is 5.45. The Bertz CT molecular complexity index is 551. The molecule has 2 heterocycles. The van der Waals surface area contributed by atoms with Crippen LogP contribution >= 0.6 is 0 Å². The van der Waals surface area contributed by atoms with Crippen LogP contribution in [0.15, 0.2) is 6.20 Å². The Kier molecular flexibility index (Phi) is 4.39. The fourth-order valence-corrected chi connectivity index (χ4v) is 2.25. The molecule has 0 fully saturated rings. The Morgan fingerprint density at radius 1 is 1.20 bits per heavy atom. The number of fused-ring (bicyclic) bond motifs is 1. The molecule has 0 aliphatic rings. The summed E-state index contributed by atoms with van der Waals surface area (Å²) >= 11 is 0. The van der Waals surface area contributed by atoms with E-state index in [1.54, 1.807) is 6.20 Å². The predicted octanol–water partition coefficient (Wildman–Crippen LogP) is 1.76. The number of rotatable bonds is 6. The van der Waals surface area contributed by atoms with Gasteiger partial charge in [-0.25, -0.2) is 5.84 Å². The van der Waals surface area contributed by atoms with Crippen LogP contribution in [0.25, 0.3) is 11.0 Å². The summed E-state index contributed by atoms with van der Waals surface area (Å²) in [7, 11) is 0. The van der Waals surface area contributed by atoms with Crippen LogP contribution in [0, 0.1) is 11.8 Å². The second-order valence-electron chi connectivity index (χ2n) is 5.84. The van der Waals surface area contributed by atoms with Crippen molar-refractivity contribution in [2.24, 2.45) is 17.7 Å². The summed E-state index contributed by atoms with van der Waals surface area (Å²) in [5, 5.41) is 7.85. The molecule has 2 aromatic rings.